The monoisotopic (exact) mass is 429 g/mol. The lowest BCUT2D eigenvalue weighted by atomic mass is 10.1. The molecule has 2 amide bonds. The Balaban J connectivity index is 1.59. The summed E-state index contributed by atoms with van der Waals surface area (Å²) >= 11 is 3.40. The van der Waals surface area contributed by atoms with Gasteiger partial charge < -0.3 is 15.1 Å². The number of halogens is 1. The summed E-state index contributed by atoms with van der Waals surface area (Å²) in [4.78, 5) is 28.7. The first-order valence-electron chi connectivity index (χ1n) is 9.15. The minimum atomic E-state index is -0.143. The summed E-state index contributed by atoms with van der Waals surface area (Å²) in [5.41, 5.74) is 2.46. The number of amides is 2. The van der Waals surface area contributed by atoms with Crippen LogP contribution in [0.25, 0.3) is 0 Å². The predicted octanol–water partition coefficient (Wildman–Crippen LogP) is 4.01. The molecule has 1 saturated heterocycles. The molecule has 1 fully saturated rings. The fourth-order valence-electron chi connectivity index (χ4n) is 3.15. The quantitative estimate of drug-likeness (QED) is 0.798. The summed E-state index contributed by atoms with van der Waals surface area (Å²) in [6, 6.07) is 15.2. The van der Waals surface area contributed by atoms with Crippen LogP contribution in [-0.2, 0) is 4.79 Å². The molecule has 27 heavy (non-hydrogen) atoms. The molecule has 6 heteroatoms. The van der Waals surface area contributed by atoms with Crippen molar-refractivity contribution in [1.82, 2.24) is 4.90 Å². The van der Waals surface area contributed by atoms with Gasteiger partial charge in [-0.3, -0.25) is 9.59 Å². The number of carbonyl (C=O) groups is 2. The van der Waals surface area contributed by atoms with Gasteiger partial charge in [-0.25, -0.2) is 0 Å². The predicted molar refractivity (Wildman–Crippen MR) is 112 cm³/mol. The Morgan fingerprint density at radius 1 is 0.963 bits per heavy atom. The zero-order chi connectivity index (χ0) is 19.4. The first-order chi connectivity index (χ1) is 13.0. The maximum Gasteiger partial charge on any atom is 0.256 e. The summed E-state index contributed by atoms with van der Waals surface area (Å²) in [6.45, 7) is 7.02. The van der Waals surface area contributed by atoms with Gasteiger partial charge in [0.1, 0.15) is 0 Å². The summed E-state index contributed by atoms with van der Waals surface area (Å²) < 4.78 is 0.771. The van der Waals surface area contributed by atoms with Gasteiger partial charge in [0.2, 0.25) is 5.91 Å². The van der Waals surface area contributed by atoms with E-state index in [0.717, 1.165) is 42.0 Å². The van der Waals surface area contributed by atoms with Gasteiger partial charge in [0, 0.05) is 47.9 Å². The van der Waals surface area contributed by atoms with Crippen LogP contribution in [0.15, 0.2) is 53.0 Å². The second-order valence-corrected chi connectivity index (χ2v) is 7.80. The maximum atomic E-state index is 12.4. The molecule has 0 unspecified atom stereocenters. The third-order valence-corrected chi connectivity index (χ3v) is 5.39. The largest absolute Gasteiger partial charge is 0.368 e. The van der Waals surface area contributed by atoms with Gasteiger partial charge in [-0.05, 0) is 52.3 Å². The van der Waals surface area contributed by atoms with Crippen molar-refractivity contribution >= 4 is 39.1 Å². The molecule has 2 aromatic rings. The van der Waals surface area contributed by atoms with Gasteiger partial charge in [-0.15, -0.1) is 0 Å². The summed E-state index contributed by atoms with van der Waals surface area (Å²) in [5, 5.41) is 2.92. The number of anilines is 2. The zero-order valence-electron chi connectivity index (χ0n) is 15.6. The molecule has 0 spiro atoms. The summed E-state index contributed by atoms with van der Waals surface area (Å²) in [6.07, 6.45) is 0. The van der Waals surface area contributed by atoms with E-state index in [1.165, 1.54) is 0 Å². The Labute approximate surface area is 168 Å². The Kier molecular flexibility index (Phi) is 6.16. The van der Waals surface area contributed by atoms with Gasteiger partial charge in [-0.1, -0.05) is 26.0 Å². The Morgan fingerprint density at radius 3 is 2.19 bits per heavy atom. The normalized spacial score (nSPS) is 14.4. The third-order valence-electron chi connectivity index (χ3n) is 4.69. The number of hydrogen-bond donors (Lipinski definition) is 1. The topological polar surface area (TPSA) is 52.7 Å². The van der Waals surface area contributed by atoms with Crippen molar-refractivity contribution in [3.8, 4) is 0 Å². The zero-order valence-corrected chi connectivity index (χ0v) is 17.2. The number of carbonyl (C=O) groups excluding carboxylic acids is 2. The summed E-state index contributed by atoms with van der Waals surface area (Å²) in [5.74, 6) is 0.125. The molecule has 0 aliphatic carbocycles. The number of nitrogens with zero attached hydrogens (tertiary/aromatic N) is 2. The van der Waals surface area contributed by atoms with Crippen LogP contribution in [0.5, 0.6) is 0 Å². The first kappa shape index (κ1) is 19.4. The lowest BCUT2D eigenvalue weighted by Gasteiger charge is -2.37. The summed E-state index contributed by atoms with van der Waals surface area (Å²) in [7, 11) is 0. The fraction of sp³-hybridized carbons (Fsp3) is 0.333. The molecular weight excluding hydrogens is 406 g/mol. The van der Waals surface area contributed by atoms with E-state index in [1.807, 2.05) is 61.2 Å². The highest BCUT2D eigenvalue weighted by molar-refractivity contribution is 9.10. The molecule has 1 aliphatic rings. The molecule has 5 nitrogen and oxygen atoms in total. The van der Waals surface area contributed by atoms with Crippen LogP contribution < -0.4 is 10.2 Å². The highest BCUT2D eigenvalue weighted by Crippen LogP contribution is 2.22. The average molecular weight is 430 g/mol. The molecule has 1 heterocycles. The number of hydrogen-bond acceptors (Lipinski definition) is 3. The lowest BCUT2D eigenvalue weighted by Crippen LogP contribution is -2.49. The van der Waals surface area contributed by atoms with Crippen molar-refractivity contribution in [3.05, 3.63) is 58.6 Å². The van der Waals surface area contributed by atoms with Crippen LogP contribution in [0.1, 0.15) is 24.2 Å². The van der Waals surface area contributed by atoms with Gasteiger partial charge in [0.15, 0.2) is 0 Å². The van der Waals surface area contributed by atoms with Crippen molar-refractivity contribution in [2.75, 3.05) is 36.4 Å². The molecule has 1 aliphatic heterocycles. The molecule has 0 atom stereocenters. The van der Waals surface area contributed by atoms with Gasteiger partial charge in [0.05, 0.1) is 5.56 Å². The van der Waals surface area contributed by atoms with Crippen LogP contribution in [0.4, 0.5) is 11.4 Å². The van der Waals surface area contributed by atoms with Gasteiger partial charge >= 0.3 is 0 Å². The van der Waals surface area contributed by atoms with Gasteiger partial charge in [-0.2, -0.15) is 0 Å². The highest BCUT2D eigenvalue weighted by atomic mass is 79.9. The molecular formula is C21H24BrN3O2. The molecule has 0 radical (unpaired) electrons. The lowest BCUT2D eigenvalue weighted by molar-refractivity contribution is -0.134. The van der Waals surface area contributed by atoms with E-state index in [9.17, 15) is 9.59 Å². The van der Waals surface area contributed by atoms with Gasteiger partial charge in [0.25, 0.3) is 5.91 Å². The van der Waals surface area contributed by atoms with Crippen LogP contribution in [0, 0.1) is 5.92 Å². The number of nitrogens with one attached hydrogen (secondary N) is 1. The highest BCUT2D eigenvalue weighted by Gasteiger charge is 2.22. The van der Waals surface area contributed by atoms with Crippen molar-refractivity contribution in [2.45, 2.75) is 13.8 Å². The smallest absolute Gasteiger partial charge is 0.256 e. The van der Waals surface area contributed by atoms with Crippen LogP contribution in [0.2, 0.25) is 0 Å². The Morgan fingerprint density at radius 2 is 1.59 bits per heavy atom. The van der Waals surface area contributed by atoms with Crippen LogP contribution >= 0.6 is 15.9 Å². The minimum absolute atomic E-state index is 0.0455. The molecule has 0 saturated carbocycles. The number of piperazine rings is 1. The van der Waals surface area contributed by atoms with E-state index in [-0.39, 0.29) is 17.7 Å². The van der Waals surface area contributed by atoms with E-state index >= 15 is 0 Å². The van der Waals surface area contributed by atoms with Crippen molar-refractivity contribution in [2.24, 2.45) is 5.92 Å². The van der Waals surface area contributed by atoms with E-state index < -0.39 is 0 Å². The first-order valence-corrected chi connectivity index (χ1v) is 9.94. The molecule has 2 aromatic carbocycles. The Bertz CT molecular complexity index is 812. The minimum Gasteiger partial charge on any atom is -0.368 e. The van der Waals surface area contributed by atoms with Crippen LogP contribution in [0.3, 0.4) is 0 Å². The number of benzene rings is 2. The molecule has 142 valence electrons. The SMILES string of the molecule is CC(C)C(=O)N1CCN(c2ccc(NC(=O)c3ccccc3Br)cc2)CC1. The average Bonchev–Trinajstić information content (AvgIpc) is 2.68. The van der Waals surface area contributed by atoms with E-state index in [1.54, 1.807) is 6.07 Å². The standard InChI is InChI=1S/C21H24BrN3O2/c1-15(2)21(27)25-13-11-24(12-14-25)17-9-7-16(8-10-17)23-20(26)18-5-3-4-6-19(18)22/h3-10,15H,11-14H2,1-2H3,(H,23,26). The molecule has 1 N–H and O–H groups in total. The third kappa shape index (κ3) is 4.69. The maximum absolute atomic E-state index is 12.4. The number of rotatable bonds is 4. The van der Waals surface area contributed by atoms with Crippen molar-refractivity contribution in [3.63, 3.8) is 0 Å². The van der Waals surface area contributed by atoms with Crippen LogP contribution in [-0.4, -0.2) is 42.9 Å². The second kappa shape index (κ2) is 8.57. The second-order valence-electron chi connectivity index (χ2n) is 6.95. The van der Waals surface area contributed by atoms with Crippen molar-refractivity contribution in [1.29, 1.82) is 0 Å². The fourth-order valence-corrected chi connectivity index (χ4v) is 3.61. The van der Waals surface area contributed by atoms with E-state index in [2.05, 4.69) is 26.1 Å². The van der Waals surface area contributed by atoms with Crippen molar-refractivity contribution < 1.29 is 9.59 Å². The Hall–Kier alpha value is -2.34. The molecule has 0 aromatic heterocycles. The molecule has 0 bridgehead atoms. The van der Waals surface area contributed by atoms with E-state index in [0.29, 0.717) is 5.56 Å². The molecule has 3 rings (SSSR count). The van der Waals surface area contributed by atoms with E-state index in [4.69, 9.17) is 0 Å².